The molecule has 0 bridgehead atoms. The summed E-state index contributed by atoms with van der Waals surface area (Å²) in [6, 6.07) is 16.9. The van der Waals surface area contributed by atoms with Crippen molar-refractivity contribution in [3.05, 3.63) is 59.7 Å². The van der Waals surface area contributed by atoms with E-state index >= 15 is 0 Å². The van der Waals surface area contributed by atoms with E-state index < -0.39 is 0 Å². The van der Waals surface area contributed by atoms with Gasteiger partial charge in [-0.05, 0) is 49.4 Å². The maximum atomic E-state index is 5.34. The van der Waals surface area contributed by atoms with Gasteiger partial charge in [-0.25, -0.2) is 4.99 Å². The molecular formula is C21H24N2OS. The highest BCUT2D eigenvalue weighted by Gasteiger charge is 2.35. The number of anilines is 1. The van der Waals surface area contributed by atoms with E-state index in [1.165, 1.54) is 41.1 Å². The highest BCUT2D eigenvalue weighted by atomic mass is 32.2. The maximum Gasteiger partial charge on any atom is 0.130 e. The minimum absolute atomic E-state index is 0.0939. The Bertz CT molecular complexity index is 781. The fourth-order valence-electron chi connectivity index (χ4n) is 3.71. The monoisotopic (exact) mass is 352 g/mol. The Morgan fingerprint density at radius 3 is 2.76 bits per heavy atom. The summed E-state index contributed by atoms with van der Waals surface area (Å²) in [5, 5.41) is 4.90. The third-order valence-electron chi connectivity index (χ3n) is 5.03. The van der Waals surface area contributed by atoms with Crippen LogP contribution < -0.4 is 10.1 Å². The van der Waals surface area contributed by atoms with Crippen LogP contribution in [0.4, 0.5) is 5.69 Å². The molecular weight excluding hydrogens is 328 g/mol. The van der Waals surface area contributed by atoms with Crippen molar-refractivity contribution in [1.82, 2.24) is 0 Å². The minimum Gasteiger partial charge on any atom is -0.497 e. The summed E-state index contributed by atoms with van der Waals surface area (Å²) in [5.41, 5.74) is 3.63. The van der Waals surface area contributed by atoms with Gasteiger partial charge in [0.1, 0.15) is 16.5 Å². The third kappa shape index (κ3) is 3.54. The highest BCUT2D eigenvalue weighted by molar-refractivity contribution is 8.13. The van der Waals surface area contributed by atoms with Crippen LogP contribution in [0.25, 0.3) is 0 Å². The first-order chi connectivity index (χ1) is 12.3. The topological polar surface area (TPSA) is 33.6 Å². The molecule has 25 heavy (non-hydrogen) atoms. The molecule has 3 nitrogen and oxygen atoms in total. The van der Waals surface area contributed by atoms with E-state index in [9.17, 15) is 0 Å². The molecule has 0 radical (unpaired) electrons. The van der Waals surface area contributed by atoms with Crippen molar-refractivity contribution in [3.8, 4) is 5.75 Å². The van der Waals surface area contributed by atoms with Gasteiger partial charge in [0.25, 0.3) is 0 Å². The number of nitrogens with zero attached hydrogens (tertiary/aromatic N) is 1. The van der Waals surface area contributed by atoms with Gasteiger partial charge in [0.2, 0.25) is 0 Å². The molecule has 2 aromatic rings. The number of rotatable bonds is 3. The van der Waals surface area contributed by atoms with Gasteiger partial charge < -0.3 is 10.1 Å². The molecule has 1 spiro atoms. The Hall–Kier alpha value is -1.94. The summed E-state index contributed by atoms with van der Waals surface area (Å²) in [4.78, 5) is 5.21. The summed E-state index contributed by atoms with van der Waals surface area (Å²) in [7, 11) is 1.71. The molecule has 1 aliphatic carbocycles. The van der Waals surface area contributed by atoms with Crippen molar-refractivity contribution < 1.29 is 4.74 Å². The molecule has 2 aromatic carbocycles. The Balaban J connectivity index is 1.60. The van der Waals surface area contributed by atoms with Crippen molar-refractivity contribution in [3.63, 3.8) is 0 Å². The summed E-state index contributed by atoms with van der Waals surface area (Å²) in [6.45, 7) is 0. The van der Waals surface area contributed by atoms with Crippen molar-refractivity contribution in [1.29, 1.82) is 0 Å². The molecule has 1 fully saturated rings. The number of thioether (sulfide) groups is 1. The zero-order chi connectivity index (χ0) is 17.1. The first-order valence-corrected chi connectivity index (χ1v) is 10.00. The number of methoxy groups -OCH3 is 1. The number of benzene rings is 2. The normalized spacial score (nSPS) is 18.2. The van der Waals surface area contributed by atoms with E-state index in [0.29, 0.717) is 0 Å². The van der Waals surface area contributed by atoms with Crippen LogP contribution in [-0.2, 0) is 5.75 Å². The number of hydrogen-bond donors (Lipinski definition) is 1. The first kappa shape index (κ1) is 16.5. The van der Waals surface area contributed by atoms with Crippen molar-refractivity contribution >= 4 is 22.5 Å². The zero-order valence-electron chi connectivity index (χ0n) is 14.6. The van der Waals surface area contributed by atoms with E-state index in [2.05, 4.69) is 47.8 Å². The van der Waals surface area contributed by atoms with Crippen LogP contribution in [0, 0.1) is 0 Å². The second-order valence-corrected chi connectivity index (χ2v) is 7.78. The average Bonchev–Trinajstić information content (AvgIpc) is 2.67. The summed E-state index contributed by atoms with van der Waals surface area (Å²) in [5.74, 6) is 1.81. The molecule has 1 saturated carbocycles. The van der Waals surface area contributed by atoms with Crippen LogP contribution in [0.15, 0.2) is 53.5 Å². The Kier molecular flexibility index (Phi) is 4.71. The molecule has 1 N–H and O–H groups in total. The smallest absolute Gasteiger partial charge is 0.130 e. The molecule has 4 rings (SSSR count). The lowest BCUT2D eigenvalue weighted by Crippen LogP contribution is -2.42. The third-order valence-corrected chi connectivity index (χ3v) is 6.09. The predicted molar refractivity (Wildman–Crippen MR) is 107 cm³/mol. The lowest BCUT2D eigenvalue weighted by atomic mass is 9.88. The van der Waals surface area contributed by atoms with Crippen molar-refractivity contribution in [2.75, 3.05) is 12.4 Å². The fraction of sp³-hybridized carbons (Fsp3) is 0.381. The van der Waals surface area contributed by atoms with Crippen molar-refractivity contribution in [2.45, 2.75) is 43.5 Å². The molecule has 4 heteroatoms. The summed E-state index contributed by atoms with van der Waals surface area (Å²) >= 11 is 1.83. The van der Waals surface area contributed by atoms with Gasteiger partial charge in [-0.15, -0.1) is 11.8 Å². The fourth-order valence-corrected chi connectivity index (χ4v) is 4.77. The van der Waals surface area contributed by atoms with E-state index in [0.717, 1.165) is 24.3 Å². The number of ether oxygens (including phenoxy) is 1. The van der Waals surface area contributed by atoms with E-state index in [1.807, 2.05) is 17.8 Å². The quantitative estimate of drug-likeness (QED) is 0.796. The van der Waals surface area contributed by atoms with E-state index in [4.69, 9.17) is 9.73 Å². The Labute approximate surface area is 153 Å². The zero-order valence-corrected chi connectivity index (χ0v) is 15.4. The second-order valence-electron chi connectivity index (χ2n) is 6.82. The molecule has 0 saturated heterocycles. The molecule has 2 aliphatic rings. The van der Waals surface area contributed by atoms with Gasteiger partial charge in [-0.3, -0.25) is 0 Å². The van der Waals surface area contributed by atoms with Crippen LogP contribution in [0.1, 0.15) is 43.2 Å². The van der Waals surface area contributed by atoms with Gasteiger partial charge >= 0.3 is 0 Å². The van der Waals surface area contributed by atoms with Gasteiger partial charge in [0.05, 0.1) is 7.11 Å². The lowest BCUT2D eigenvalue weighted by Gasteiger charge is -2.39. The molecule has 0 amide bonds. The van der Waals surface area contributed by atoms with E-state index in [1.54, 1.807) is 7.11 Å². The Morgan fingerprint density at radius 1 is 1.08 bits per heavy atom. The molecule has 0 unspecified atom stereocenters. The minimum atomic E-state index is -0.0939. The molecule has 0 aromatic heterocycles. The molecule has 1 aliphatic heterocycles. The predicted octanol–water partition coefficient (Wildman–Crippen LogP) is 5.46. The van der Waals surface area contributed by atoms with Crippen LogP contribution in [0.2, 0.25) is 0 Å². The molecule has 130 valence electrons. The molecule has 0 atom stereocenters. The van der Waals surface area contributed by atoms with Crippen LogP contribution >= 0.6 is 11.8 Å². The van der Waals surface area contributed by atoms with Gasteiger partial charge in [-0.1, -0.05) is 36.8 Å². The number of aliphatic imine (C=N–C) groups is 1. The van der Waals surface area contributed by atoms with Gasteiger partial charge in [0, 0.05) is 17.0 Å². The summed E-state index contributed by atoms with van der Waals surface area (Å²) < 4.78 is 5.34. The maximum absolute atomic E-state index is 5.34. The second kappa shape index (κ2) is 7.12. The molecule has 1 heterocycles. The first-order valence-electron chi connectivity index (χ1n) is 9.01. The largest absolute Gasteiger partial charge is 0.497 e. The van der Waals surface area contributed by atoms with E-state index in [-0.39, 0.29) is 5.66 Å². The van der Waals surface area contributed by atoms with Crippen LogP contribution in [-0.4, -0.2) is 17.8 Å². The van der Waals surface area contributed by atoms with Crippen LogP contribution in [0.3, 0.4) is 0 Å². The van der Waals surface area contributed by atoms with Crippen molar-refractivity contribution in [2.24, 2.45) is 4.99 Å². The SMILES string of the molecule is COc1cccc(CSC2=NC3(CCCCC3)Nc3ccccc32)c1. The number of nitrogens with one attached hydrogen (secondary N) is 1. The number of fused-ring (bicyclic) bond motifs is 1. The summed E-state index contributed by atoms with van der Waals surface area (Å²) in [6.07, 6.45) is 6.10. The van der Waals surface area contributed by atoms with Crippen LogP contribution in [0.5, 0.6) is 5.75 Å². The lowest BCUT2D eigenvalue weighted by molar-refractivity contribution is 0.335. The van der Waals surface area contributed by atoms with Gasteiger partial charge in [-0.2, -0.15) is 0 Å². The highest BCUT2D eigenvalue weighted by Crippen LogP contribution is 2.40. The Morgan fingerprint density at radius 2 is 1.92 bits per heavy atom. The number of hydrogen-bond acceptors (Lipinski definition) is 4. The number of para-hydroxylation sites is 1. The standard InChI is InChI=1S/C21H24N2OS/c1-24-17-9-7-8-16(14-17)15-25-20-18-10-3-4-11-19(18)22-21(23-20)12-5-2-6-13-21/h3-4,7-11,14,22H,2,5-6,12-13,15H2,1H3. The van der Waals surface area contributed by atoms with Gasteiger partial charge in [0.15, 0.2) is 0 Å². The average molecular weight is 353 g/mol.